The molecular weight excluding hydrogens is 370 g/mol. The number of nitrogens with one attached hydrogen (secondary N) is 1. The summed E-state index contributed by atoms with van der Waals surface area (Å²) in [4.78, 5) is 19.1. The number of hydrogen-bond acceptors (Lipinski definition) is 4. The van der Waals surface area contributed by atoms with Crippen molar-refractivity contribution in [1.29, 1.82) is 0 Å². The number of amidine groups is 1. The summed E-state index contributed by atoms with van der Waals surface area (Å²) in [5.41, 5.74) is 7.42. The standard InChI is InChI=1S/C26H29N3O/c1-17-14-21(18(2)27-23-9-5-4-8-20(23)16-30)24-22(15-17)19(3)29-13-12-26(25(29)28-24)10-6-7-11-26/h4-5,8-9,14-16,18,27H,3,6-7,10-13H2,1-2H3. The van der Waals surface area contributed by atoms with E-state index in [-0.39, 0.29) is 11.5 Å². The quantitative estimate of drug-likeness (QED) is 0.617. The molecule has 1 aliphatic carbocycles. The Bertz CT molecular complexity index is 1060. The number of benzene rings is 2. The number of aryl methyl sites for hydroxylation is 1. The van der Waals surface area contributed by atoms with Crippen molar-refractivity contribution < 1.29 is 4.79 Å². The highest BCUT2D eigenvalue weighted by Crippen LogP contribution is 2.52. The fraction of sp³-hybridized carbons (Fsp3) is 0.385. The smallest absolute Gasteiger partial charge is 0.152 e. The second-order valence-electron chi connectivity index (χ2n) is 9.09. The fourth-order valence-electron chi connectivity index (χ4n) is 5.57. The van der Waals surface area contributed by atoms with Crippen molar-refractivity contribution in [1.82, 2.24) is 4.90 Å². The van der Waals surface area contributed by atoms with E-state index < -0.39 is 0 Å². The molecule has 2 aromatic carbocycles. The van der Waals surface area contributed by atoms with Gasteiger partial charge in [-0.1, -0.05) is 37.6 Å². The lowest BCUT2D eigenvalue weighted by Gasteiger charge is -2.34. The van der Waals surface area contributed by atoms with E-state index in [1.54, 1.807) is 0 Å². The number of aliphatic imine (C=N–C) groups is 1. The van der Waals surface area contributed by atoms with Crippen LogP contribution < -0.4 is 5.32 Å². The third-order valence-electron chi connectivity index (χ3n) is 7.17. The molecule has 4 nitrogen and oxygen atoms in total. The first-order valence-electron chi connectivity index (χ1n) is 11.0. The van der Waals surface area contributed by atoms with Gasteiger partial charge in [0.15, 0.2) is 6.29 Å². The molecule has 4 heteroatoms. The topological polar surface area (TPSA) is 44.7 Å². The van der Waals surface area contributed by atoms with Crippen LogP contribution in [0.4, 0.5) is 11.4 Å². The Hall–Kier alpha value is -2.88. The molecule has 2 heterocycles. The molecule has 0 aromatic heterocycles. The van der Waals surface area contributed by atoms with Gasteiger partial charge >= 0.3 is 0 Å². The van der Waals surface area contributed by atoms with E-state index in [4.69, 9.17) is 4.99 Å². The molecule has 2 fully saturated rings. The van der Waals surface area contributed by atoms with Crippen molar-refractivity contribution in [2.24, 2.45) is 10.4 Å². The number of carbonyl (C=O) groups excluding carboxylic acids is 1. The Morgan fingerprint density at radius 1 is 1.20 bits per heavy atom. The van der Waals surface area contributed by atoms with Crippen LogP contribution in [0.3, 0.4) is 0 Å². The van der Waals surface area contributed by atoms with E-state index in [9.17, 15) is 4.79 Å². The van der Waals surface area contributed by atoms with Crippen LogP contribution in [0.25, 0.3) is 5.70 Å². The number of rotatable bonds is 4. The van der Waals surface area contributed by atoms with Gasteiger partial charge in [0, 0.05) is 40.0 Å². The van der Waals surface area contributed by atoms with Gasteiger partial charge in [-0.25, -0.2) is 4.99 Å². The minimum absolute atomic E-state index is 0.0179. The predicted molar refractivity (Wildman–Crippen MR) is 123 cm³/mol. The summed E-state index contributed by atoms with van der Waals surface area (Å²) < 4.78 is 0. The first-order valence-corrected chi connectivity index (χ1v) is 11.0. The number of hydrogen-bond donors (Lipinski definition) is 1. The lowest BCUT2D eigenvalue weighted by molar-refractivity contribution is 0.112. The highest BCUT2D eigenvalue weighted by molar-refractivity contribution is 6.03. The van der Waals surface area contributed by atoms with Crippen molar-refractivity contribution in [3.05, 3.63) is 65.2 Å². The molecule has 30 heavy (non-hydrogen) atoms. The third-order valence-corrected chi connectivity index (χ3v) is 7.17. The van der Waals surface area contributed by atoms with Gasteiger partial charge < -0.3 is 10.2 Å². The van der Waals surface area contributed by atoms with Gasteiger partial charge in [-0.15, -0.1) is 0 Å². The van der Waals surface area contributed by atoms with Crippen LogP contribution in [0.5, 0.6) is 0 Å². The minimum Gasteiger partial charge on any atom is -0.378 e. The maximum Gasteiger partial charge on any atom is 0.152 e. The summed E-state index contributed by atoms with van der Waals surface area (Å²) in [6.45, 7) is 9.79. The van der Waals surface area contributed by atoms with E-state index in [1.165, 1.54) is 49.1 Å². The highest BCUT2D eigenvalue weighted by Gasteiger charge is 2.48. The van der Waals surface area contributed by atoms with Crippen LogP contribution >= 0.6 is 0 Å². The molecule has 0 bridgehead atoms. The van der Waals surface area contributed by atoms with E-state index in [2.05, 4.69) is 42.8 Å². The van der Waals surface area contributed by atoms with Crippen LogP contribution in [-0.2, 0) is 0 Å². The molecule has 1 saturated heterocycles. The summed E-state index contributed by atoms with van der Waals surface area (Å²) >= 11 is 0. The van der Waals surface area contributed by atoms with Crippen molar-refractivity contribution in [3.8, 4) is 0 Å². The normalized spacial score (nSPS) is 20.0. The number of aldehydes is 1. The highest BCUT2D eigenvalue weighted by atomic mass is 16.1. The van der Waals surface area contributed by atoms with Crippen molar-refractivity contribution in [2.45, 2.75) is 52.0 Å². The Balaban J connectivity index is 1.59. The Morgan fingerprint density at radius 2 is 1.97 bits per heavy atom. The molecule has 1 unspecified atom stereocenters. The summed E-state index contributed by atoms with van der Waals surface area (Å²) in [5, 5.41) is 3.55. The van der Waals surface area contributed by atoms with Crippen LogP contribution in [0.1, 0.15) is 72.1 Å². The predicted octanol–water partition coefficient (Wildman–Crippen LogP) is 6.26. The molecule has 1 N–H and O–H groups in total. The lowest BCUT2D eigenvalue weighted by atomic mass is 9.83. The number of para-hydroxylation sites is 1. The van der Waals surface area contributed by atoms with Gasteiger partial charge in [-0.3, -0.25) is 4.79 Å². The average molecular weight is 400 g/mol. The Kier molecular flexibility index (Phi) is 4.53. The van der Waals surface area contributed by atoms with E-state index in [1.807, 2.05) is 24.3 Å². The summed E-state index contributed by atoms with van der Waals surface area (Å²) in [6, 6.07) is 12.1. The molecule has 2 aliphatic heterocycles. The second kappa shape index (κ2) is 7.12. The van der Waals surface area contributed by atoms with E-state index >= 15 is 0 Å². The summed E-state index contributed by atoms with van der Waals surface area (Å²) in [5.74, 6) is 1.24. The average Bonchev–Trinajstić information content (AvgIpc) is 3.37. The minimum atomic E-state index is 0.0179. The SMILES string of the molecule is C=C1c2cc(C)cc(C(C)Nc3ccccc3C=O)c2N=C2N1CCC21CCCC1. The van der Waals surface area contributed by atoms with Gasteiger partial charge in [0.1, 0.15) is 5.84 Å². The van der Waals surface area contributed by atoms with Crippen molar-refractivity contribution in [3.63, 3.8) is 0 Å². The lowest BCUT2D eigenvalue weighted by Crippen LogP contribution is -2.34. The zero-order valence-electron chi connectivity index (χ0n) is 17.9. The van der Waals surface area contributed by atoms with E-state index in [0.717, 1.165) is 35.5 Å². The largest absolute Gasteiger partial charge is 0.378 e. The maximum absolute atomic E-state index is 11.5. The Labute approximate surface area is 178 Å². The van der Waals surface area contributed by atoms with Gasteiger partial charge in [0.05, 0.1) is 11.7 Å². The zero-order chi connectivity index (χ0) is 20.9. The summed E-state index contributed by atoms with van der Waals surface area (Å²) in [6.07, 6.45) is 7.18. The number of carbonyl (C=O) groups is 1. The number of anilines is 1. The molecule has 154 valence electrons. The first-order chi connectivity index (χ1) is 14.5. The molecule has 3 aliphatic rings. The molecule has 0 radical (unpaired) electrons. The van der Waals surface area contributed by atoms with Crippen LogP contribution in [-0.4, -0.2) is 23.6 Å². The molecule has 0 amide bonds. The van der Waals surface area contributed by atoms with Crippen LogP contribution in [0.2, 0.25) is 0 Å². The first kappa shape index (κ1) is 19.1. The number of fused-ring (bicyclic) bond motifs is 3. The zero-order valence-corrected chi connectivity index (χ0v) is 17.9. The van der Waals surface area contributed by atoms with Gasteiger partial charge in [0.2, 0.25) is 0 Å². The molecule has 5 rings (SSSR count). The monoisotopic (exact) mass is 399 g/mol. The van der Waals surface area contributed by atoms with Crippen molar-refractivity contribution in [2.75, 3.05) is 11.9 Å². The van der Waals surface area contributed by atoms with Gasteiger partial charge in [-0.2, -0.15) is 0 Å². The molecule has 2 aromatic rings. The summed E-state index contributed by atoms with van der Waals surface area (Å²) in [7, 11) is 0. The molecular formula is C26H29N3O. The van der Waals surface area contributed by atoms with Crippen LogP contribution in [0.15, 0.2) is 48.0 Å². The fourth-order valence-corrected chi connectivity index (χ4v) is 5.57. The number of nitrogens with zero attached hydrogens (tertiary/aromatic N) is 2. The molecule has 1 saturated carbocycles. The van der Waals surface area contributed by atoms with Gasteiger partial charge in [0.25, 0.3) is 0 Å². The molecule has 1 spiro atoms. The Morgan fingerprint density at radius 3 is 2.73 bits per heavy atom. The maximum atomic E-state index is 11.5. The second-order valence-corrected chi connectivity index (χ2v) is 9.09. The van der Waals surface area contributed by atoms with Crippen LogP contribution in [0, 0.1) is 12.3 Å². The van der Waals surface area contributed by atoms with Gasteiger partial charge in [-0.05, 0) is 56.9 Å². The van der Waals surface area contributed by atoms with E-state index in [0.29, 0.717) is 5.56 Å². The molecule has 1 atom stereocenters. The van der Waals surface area contributed by atoms with Crippen molar-refractivity contribution >= 4 is 29.2 Å². The third kappa shape index (κ3) is 2.89.